The maximum Gasteiger partial charge on any atom is 0.233 e. The molecule has 1 amide bonds. The van der Waals surface area contributed by atoms with E-state index < -0.39 is 0 Å². The Morgan fingerprint density at radius 1 is 1.14 bits per heavy atom. The Kier molecular flexibility index (Phi) is 6.71. The number of aryl methyl sites for hydroxylation is 1. The third-order valence-corrected chi connectivity index (χ3v) is 5.38. The summed E-state index contributed by atoms with van der Waals surface area (Å²) in [5.74, 6) is 1.61. The molecule has 0 aliphatic heterocycles. The number of aromatic nitrogens is 3. The van der Waals surface area contributed by atoms with Crippen LogP contribution in [0.5, 0.6) is 5.75 Å². The summed E-state index contributed by atoms with van der Waals surface area (Å²) in [4.78, 5) is 12.5. The second-order valence-electron chi connectivity index (χ2n) is 6.35. The number of ether oxygens (including phenoxy) is 1. The van der Waals surface area contributed by atoms with Crippen LogP contribution in [-0.4, -0.2) is 39.6 Å². The Hall–Kier alpha value is -2.80. The first-order valence-corrected chi connectivity index (χ1v) is 10.0. The molecule has 0 spiro atoms. The number of nitrogens with one attached hydrogen (secondary N) is 1. The number of thioether (sulfide) groups is 1. The largest absolute Gasteiger partial charge is 0.497 e. The highest BCUT2D eigenvalue weighted by Gasteiger charge is 2.19. The van der Waals surface area contributed by atoms with Crippen molar-refractivity contribution in [3.8, 4) is 11.4 Å². The van der Waals surface area contributed by atoms with Crippen molar-refractivity contribution in [1.82, 2.24) is 20.1 Å². The van der Waals surface area contributed by atoms with Crippen LogP contribution in [0.3, 0.4) is 0 Å². The zero-order valence-corrected chi connectivity index (χ0v) is 17.1. The van der Waals surface area contributed by atoms with Crippen LogP contribution in [0.1, 0.15) is 18.3 Å². The van der Waals surface area contributed by atoms with E-state index in [1.807, 2.05) is 73.0 Å². The number of hydrogen-bond acceptors (Lipinski definition) is 5. The number of para-hydroxylation sites is 1. The van der Waals surface area contributed by atoms with E-state index in [0.717, 1.165) is 29.2 Å². The monoisotopic (exact) mass is 396 g/mol. The number of hydrogen-bond donors (Lipinski definition) is 1. The lowest BCUT2D eigenvalue weighted by molar-refractivity contribution is -0.120. The minimum absolute atomic E-state index is 0.0150. The molecule has 0 aliphatic rings. The summed E-state index contributed by atoms with van der Waals surface area (Å²) < 4.78 is 7.12. The summed E-state index contributed by atoms with van der Waals surface area (Å²) >= 11 is 1.41. The molecule has 7 heteroatoms. The van der Waals surface area contributed by atoms with Crippen molar-refractivity contribution in [3.63, 3.8) is 0 Å². The van der Waals surface area contributed by atoms with Gasteiger partial charge in [-0.1, -0.05) is 42.1 Å². The molecule has 1 heterocycles. The molecule has 0 saturated heterocycles. The minimum atomic E-state index is -0.276. The molecule has 0 bridgehead atoms. The van der Waals surface area contributed by atoms with E-state index in [1.54, 1.807) is 7.11 Å². The number of methoxy groups -OCH3 is 1. The van der Waals surface area contributed by atoms with E-state index in [1.165, 1.54) is 11.8 Å². The van der Waals surface area contributed by atoms with Crippen LogP contribution < -0.4 is 10.1 Å². The van der Waals surface area contributed by atoms with Crippen molar-refractivity contribution in [1.29, 1.82) is 0 Å². The lowest BCUT2D eigenvalue weighted by atomic mass is 10.1. The molecule has 0 fully saturated rings. The van der Waals surface area contributed by atoms with Crippen LogP contribution in [0, 0.1) is 6.92 Å². The molecule has 3 aromatic rings. The second-order valence-corrected chi connectivity index (χ2v) is 7.66. The van der Waals surface area contributed by atoms with E-state index >= 15 is 0 Å². The van der Waals surface area contributed by atoms with Gasteiger partial charge in [-0.2, -0.15) is 0 Å². The van der Waals surface area contributed by atoms with Crippen LogP contribution >= 0.6 is 11.8 Å². The Bertz CT molecular complexity index is 910. The fraction of sp³-hybridized carbons (Fsp3) is 0.286. The normalized spacial score (nSPS) is 11.8. The lowest BCUT2D eigenvalue weighted by Crippen LogP contribution is -2.32. The van der Waals surface area contributed by atoms with E-state index in [9.17, 15) is 4.79 Å². The first-order valence-electron chi connectivity index (χ1n) is 9.13. The summed E-state index contributed by atoms with van der Waals surface area (Å²) in [5.41, 5.74) is 2.14. The van der Waals surface area contributed by atoms with Gasteiger partial charge in [0.15, 0.2) is 5.16 Å². The number of amides is 1. The predicted octanol–water partition coefficient (Wildman–Crippen LogP) is 3.42. The Labute approximate surface area is 169 Å². The molecule has 0 unspecified atom stereocenters. The summed E-state index contributed by atoms with van der Waals surface area (Å²) in [6.07, 6.45) is 0.770. The van der Waals surface area contributed by atoms with Gasteiger partial charge in [-0.3, -0.25) is 9.36 Å². The third-order valence-electron chi connectivity index (χ3n) is 4.33. The van der Waals surface area contributed by atoms with Gasteiger partial charge in [0.05, 0.1) is 12.4 Å². The molecule has 1 atom stereocenters. The topological polar surface area (TPSA) is 69.0 Å². The average Bonchev–Trinajstić information content (AvgIpc) is 3.09. The van der Waals surface area contributed by atoms with Crippen LogP contribution in [0.25, 0.3) is 5.69 Å². The van der Waals surface area contributed by atoms with Gasteiger partial charge in [-0.15, -0.1) is 10.2 Å². The average molecular weight is 397 g/mol. The van der Waals surface area contributed by atoms with Gasteiger partial charge in [-0.25, -0.2) is 0 Å². The van der Waals surface area contributed by atoms with Crippen molar-refractivity contribution in [2.24, 2.45) is 0 Å². The molecule has 1 aromatic heterocycles. The number of carbonyl (C=O) groups is 1. The molecule has 2 aromatic carbocycles. The zero-order chi connectivity index (χ0) is 19.9. The molecule has 0 radical (unpaired) electrons. The molecule has 0 saturated carbocycles. The molecular formula is C21H24N4O2S. The number of carbonyl (C=O) groups excluding carboxylic acids is 1. The molecule has 146 valence electrons. The van der Waals surface area contributed by atoms with Gasteiger partial charge < -0.3 is 10.1 Å². The molecular weight excluding hydrogens is 372 g/mol. The van der Waals surface area contributed by atoms with Gasteiger partial charge in [0.1, 0.15) is 11.6 Å². The molecule has 28 heavy (non-hydrogen) atoms. The number of benzene rings is 2. The summed E-state index contributed by atoms with van der Waals surface area (Å²) in [5, 5.41) is 11.8. The van der Waals surface area contributed by atoms with Crippen molar-refractivity contribution in [3.05, 3.63) is 66.0 Å². The number of nitrogens with zero attached hydrogens (tertiary/aromatic N) is 3. The Morgan fingerprint density at radius 3 is 2.54 bits per heavy atom. The Morgan fingerprint density at radius 2 is 1.86 bits per heavy atom. The highest BCUT2D eigenvalue weighted by molar-refractivity contribution is 8.00. The predicted molar refractivity (Wildman–Crippen MR) is 111 cm³/mol. The van der Waals surface area contributed by atoms with Crippen LogP contribution in [-0.2, 0) is 11.2 Å². The van der Waals surface area contributed by atoms with E-state index in [-0.39, 0.29) is 11.2 Å². The van der Waals surface area contributed by atoms with Gasteiger partial charge >= 0.3 is 0 Å². The minimum Gasteiger partial charge on any atom is -0.497 e. The summed E-state index contributed by atoms with van der Waals surface area (Å²) in [7, 11) is 1.65. The van der Waals surface area contributed by atoms with E-state index in [2.05, 4.69) is 15.5 Å². The highest BCUT2D eigenvalue weighted by Crippen LogP contribution is 2.25. The van der Waals surface area contributed by atoms with Crippen LogP contribution in [0.15, 0.2) is 59.8 Å². The zero-order valence-electron chi connectivity index (χ0n) is 16.3. The van der Waals surface area contributed by atoms with Crippen molar-refractivity contribution in [2.75, 3.05) is 13.7 Å². The fourth-order valence-electron chi connectivity index (χ4n) is 2.77. The molecule has 1 N–H and O–H groups in total. The van der Waals surface area contributed by atoms with Crippen LogP contribution in [0.2, 0.25) is 0 Å². The maximum absolute atomic E-state index is 12.5. The third kappa shape index (κ3) is 4.92. The number of rotatable bonds is 8. The first-order chi connectivity index (χ1) is 13.6. The van der Waals surface area contributed by atoms with Gasteiger partial charge in [0, 0.05) is 12.2 Å². The van der Waals surface area contributed by atoms with Crippen molar-refractivity contribution in [2.45, 2.75) is 30.7 Å². The Balaban J connectivity index is 1.56. The van der Waals surface area contributed by atoms with Crippen molar-refractivity contribution >= 4 is 17.7 Å². The molecule has 0 aliphatic carbocycles. The van der Waals surface area contributed by atoms with Gasteiger partial charge in [0.25, 0.3) is 0 Å². The van der Waals surface area contributed by atoms with Gasteiger partial charge in [0.2, 0.25) is 5.91 Å². The molecule has 6 nitrogen and oxygen atoms in total. The van der Waals surface area contributed by atoms with E-state index in [0.29, 0.717) is 11.7 Å². The summed E-state index contributed by atoms with van der Waals surface area (Å²) in [6.45, 7) is 4.37. The highest BCUT2D eigenvalue weighted by atomic mass is 32.2. The maximum atomic E-state index is 12.5. The fourth-order valence-corrected chi connectivity index (χ4v) is 3.71. The van der Waals surface area contributed by atoms with E-state index in [4.69, 9.17) is 4.74 Å². The van der Waals surface area contributed by atoms with Crippen molar-refractivity contribution < 1.29 is 9.53 Å². The SMILES string of the molecule is COc1ccc(CCNC(=O)[C@@H](C)Sc2nnc(C)n2-c2ccccc2)cc1. The standard InChI is InChI=1S/C21H24N4O2S/c1-15(20(26)22-14-13-17-9-11-19(27-3)12-10-17)28-21-24-23-16(2)25(21)18-7-5-4-6-8-18/h4-12,15H,13-14H2,1-3H3,(H,22,26)/t15-/m1/s1. The second kappa shape index (κ2) is 9.41. The smallest absolute Gasteiger partial charge is 0.233 e. The van der Waals surface area contributed by atoms with Gasteiger partial charge in [-0.05, 0) is 50.1 Å². The lowest BCUT2D eigenvalue weighted by Gasteiger charge is -2.13. The van der Waals surface area contributed by atoms with Crippen LogP contribution in [0.4, 0.5) is 0 Å². The molecule has 3 rings (SSSR count). The first kappa shape index (κ1) is 19.9. The quantitative estimate of drug-likeness (QED) is 0.591. The summed E-state index contributed by atoms with van der Waals surface area (Å²) in [6, 6.07) is 17.8.